The average molecular weight is 495 g/mol. The molecule has 2 atom stereocenters. The smallest absolute Gasteiger partial charge is 0.291 e. The highest BCUT2D eigenvalue weighted by atomic mass is 19.1. The van der Waals surface area contributed by atoms with Gasteiger partial charge in [0.2, 0.25) is 5.84 Å². The number of nitrogens with zero attached hydrogens (tertiary/aromatic N) is 4. The van der Waals surface area contributed by atoms with Gasteiger partial charge in [-0.05, 0) is 43.7 Å². The van der Waals surface area contributed by atoms with E-state index < -0.39 is 41.3 Å². The van der Waals surface area contributed by atoms with Crippen molar-refractivity contribution in [1.82, 2.24) is 5.32 Å². The molecule has 11 heteroatoms. The van der Waals surface area contributed by atoms with Crippen LogP contribution in [0.3, 0.4) is 0 Å². The normalized spacial score (nSPS) is 19.0. The Bertz CT molecular complexity index is 1340. The SMILES string of the molecule is CN1C(=O)[C@@H](NC(=O)C2=NC(Cc3ccc(F)cc3F)N=N2)COc2ccc(C#CC(C)(C)O)cc21. The van der Waals surface area contributed by atoms with E-state index >= 15 is 0 Å². The molecule has 9 nitrogen and oxygen atoms in total. The lowest BCUT2D eigenvalue weighted by molar-refractivity contribution is -0.124. The summed E-state index contributed by atoms with van der Waals surface area (Å²) in [6.45, 7) is 2.99. The van der Waals surface area contributed by atoms with Crippen LogP contribution in [0.1, 0.15) is 25.0 Å². The van der Waals surface area contributed by atoms with E-state index in [0.717, 1.165) is 12.1 Å². The molecule has 0 bridgehead atoms. The monoisotopic (exact) mass is 495 g/mol. The van der Waals surface area contributed by atoms with Crippen molar-refractivity contribution < 1.29 is 28.2 Å². The third-order valence-electron chi connectivity index (χ3n) is 5.35. The third kappa shape index (κ3) is 5.72. The summed E-state index contributed by atoms with van der Waals surface area (Å²) < 4.78 is 32.8. The second-order valence-corrected chi connectivity index (χ2v) is 8.81. The van der Waals surface area contributed by atoms with E-state index in [1.54, 1.807) is 39.1 Å². The predicted octanol–water partition coefficient (Wildman–Crippen LogP) is 2.36. The quantitative estimate of drug-likeness (QED) is 0.634. The van der Waals surface area contributed by atoms with Gasteiger partial charge in [0.25, 0.3) is 11.8 Å². The fourth-order valence-electron chi connectivity index (χ4n) is 3.52. The number of hydrogen-bond acceptors (Lipinski definition) is 7. The predicted molar refractivity (Wildman–Crippen MR) is 127 cm³/mol. The van der Waals surface area contributed by atoms with Crippen molar-refractivity contribution in [2.45, 2.75) is 38.1 Å². The first-order valence-electron chi connectivity index (χ1n) is 11.0. The summed E-state index contributed by atoms with van der Waals surface area (Å²) in [5.41, 5.74) is 0.0426. The largest absolute Gasteiger partial charge is 0.489 e. The van der Waals surface area contributed by atoms with Crippen molar-refractivity contribution in [3.05, 3.63) is 59.2 Å². The van der Waals surface area contributed by atoms with Crippen LogP contribution in [-0.2, 0) is 16.0 Å². The van der Waals surface area contributed by atoms with E-state index in [9.17, 15) is 23.5 Å². The van der Waals surface area contributed by atoms with Crippen molar-refractivity contribution in [1.29, 1.82) is 0 Å². The summed E-state index contributed by atoms with van der Waals surface area (Å²) in [7, 11) is 1.54. The lowest BCUT2D eigenvalue weighted by Crippen LogP contribution is -2.50. The third-order valence-corrected chi connectivity index (χ3v) is 5.35. The molecule has 2 amide bonds. The Hall–Kier alpha value is -4.17. The van der Waals surface area contributed by atoms with E-state index in [0.29, 0.717) is 17.0 Å². The Labute approximate surface area is 205 Å². The van der Waals surface area contributed by atoms with Crippen LogP contribution in [0.2, 0.25) is 0 Å². The topological polar surface area (TPSA) is 116 Å². The lowest BCUT2D eigenvalue weighted by Gasteiger charge is -2.20. The van der Waals surface area contributed by atoms with Crippen molar-refractivity contribution in [2.24, 2.45) is 15.2 Å². The maximum absolute atomic E-state index is 13.9. The zero-order valence-corrected chi connectivity index (χ0v) is 19.7. The van der Waals surface area contributed by atoms with Gasteiger partial charge in [-0.2, -0.15) is 5.11 Å². The second-order valence-electron chi connectivity index (χ2n) is 8.81. The van der Waals surface area contributed by atoms with Crippen molar-refractivity contribution in [3.63, 3.8) is 0 Å². The number of hydrogen-bond donors (Lipinski definition) is 2. The lowest BCUT2D eigenvalue weighted by atomic mass is 10.1. The summed E-state index contributed by atoms with van der Waals surface area (Å²) in [6, 6.07) is 7.14. The van der Waals surface area contributed by atoms with Gasteiger partial charge >= 0.3 is 0 Å². The van der Waals surface area contributed by atoms with Crippen LogP contribution < -0.4 is 15.0 Å². The van der Waals surface area contributed by atoms with Crippen LogP contribution in [0.4, 0.5) is 14.5 Å². The van der Waals surface area contributed by atoms with Gasteiger partial charge in [-0.3, -0.25) is 9.59 Å². The molecule has 4 rings (SSSR count). The molecule has 0 saturated heterocycles. The fourth-order valence-corrected chi connectivity index (χ4v) is 3.52. The Morgan fingerprint density at radius 3 is 2.78 bits per heavy atom. The zero-order valence-electron chi connectivity index (χ0n) is 19.7. The molecule has 2 aliphatic rings. The molecule has 2 aromatic rings. The van der Waals surface area contributed by atoms with Crippen LogP contribution in [0, 0.1) is 23.5 Å². The molecule has 36 heavy (non-hydrogen) atoms. The Kier molecular flexibility index (Phi) is 6.81. The van der Waals surface area contributed by atoms with Gasteiger partial charge in [0.15, 0.2) is 6.17 Å². The Balaban J connectivity index is 1.44. The molecule has 1 unspecified atom stereocenters. The molecular formula is C25H23F2N5O4. The Morgan fingerprint density at radius 1 is 1.28 bits per heavy atom. The van der Waals surface area contributed by atoms with Crippen molar-refractivity contribution >= 4 is 23.3 Å². The van der Waals surface area contributed by atoms with Gasteiger partial charge in [-0.25, -0.2) is 13.8 Å². The number of rotatable bonds is 4. The molecule has 0 radical (unpaired) electrons. The van der Waals surface area contributed by atoms with Gasteiger partial charge in [0, 0.05) is 25.1 Å². The van der Waals surface area contributed by atoms with Crippen LogP contribution in [-0.4, -0.2) is 54.2 Å². The highest BCUT2D eigenvalue weighted by Gasteiger charge is 2.32. The number of aliphatic hydroxyl groups is 1. The van der Waals surface area contributed by atoms with Crippen LogP contribution in [0.5, 0.6) is 5.75 Å². The molecule has 2 aliphatic heterocycles. The number of aliphatic imine (C=N–C) groups is 1. The summed E-state index contributed by atoms with van der Waals surface area (Å²) in [5.74, 6) is 3.12. The highest BCUT2D eigenvalue weighted by Crippen LogP contribution is 2.31. The molecule has 0 spiro atoms. The first-order chi connectivity index (χ1) is 17.0. The number of amidine groups is 1. The molecule has 186 valence electrons. The molecule has 2 aromatic carbocycles. The Morgan fingerprint density at radius 2 is 2.06 bits per heavy atom. The molecule has 2 heterocycles. The standard InChI is InChI=1S/C25H23F2N5O4/c1-25(2,35)9-8-14-4-7-20-19(10-14)32(3)24(34)18(13-36-20)28-23(33)22-29-21(30-31-22)11-15-5-6-16(26)12-17(15)27/h4-7,10,12,18,21,35H,11,13H2,1-3H3,(H,28,33)/t18-,21?/m0/s1. The first-order valence-corrected chi connectivity index (χ1v) is 11.0. The molecule has 0 aromatic heterocycles. The molecular weight excluding hydrogens is 472 g/mol. The van der Waals surface area contributed by atoms with Gasteiger partial charge in [0.1, 0.15) is 35.6 Å². The number of carbonyl (C=O) groups is 2. The molecule has 0 aliphatic carbocycles. The van der Waals surface area contributed by atoms with E-state index in [4.69, 9.17) is 4.74 Å². The minimum atomic E-state index is -1.17. The zero-order chi connectivity index (χ0) is 26.0. The van der Waals surface area contributed by atoms with Crippen LogP contribution in [0.15, 0.2) is 51.6 Å². The summed E-state index contributed by atoms with van der Waals surface area (Å²) >= 11 is 0. The number of carbonyl (C=O) groups excluding carboxylic acids is 2. The van der Waals surface area contributed by atoms with Gasteiger partial charge in [-0.15, -0.1) is 5.11 Å². The van der Waals surface area contributed by atoms with E-state index in [-0.39, 0.29) is 24.4 Å². The molecule has 0 fully saturated rings. The van der Waals surface area contributed by atoms with Gasteiger partial charge in [-0.1, -0.05) is 17.9 Å². The summed E-state index contributed by atoms with van der Waals surface area (Å²) in [6.07, 6.45) is -0.851. The summed E-state index contributed by atoms with van der Waals surface area (Å²) in [4.78, 5) is 31.2. The molecule has 2 N–H and O–H groups in total. The fraction of sp³-hybridized carbons (Fsp3) is 0.320. The number of halogens is 2. The minimum Gasteiger partial charge on any atom is -0.489 e. The average Bonchev–Trinajstić information content (AvgIpc) is 3.25. The van der Waals surface area contributed by atoms with E-state index in [1.165, 1.54) is 11.0 Å². The second kappa shape index (κ2) is 9.83. The van der Waals surface area contributed by atoms with E-state index in [2.05, 4.69) is 32.4 Å². The number of ether oxygens (including phenoxy) is 1. The van der Waals surface area contributed by atoms with Gasteiger partial charge in [0.05, 0.1) is 5.69 Å². The van der Waals surface area contributed by atoms with Crippen LogP contribution >= 0.6 is 0 Å². The number of nitrogens with one attached hydrogen (secondary N) is 1. The van der Waals surface area contributed by atoms with Crippen molar-refractivity contribution in [3.8, 4) is 17.6 Å². The first kappa shape index (κ1) is 24.9. The van der Waals surface area contributed by atoms with Crippen LogP contribution in [0.25, 0.3) is 0 Å². The minimum absolute atomic E-state index is 0.00536. The maximum atomic E-state index is 13.9. The number of likely N-dealkylation sites (N-methyl/N-ethyl adjacent to an activating group) is 1. The maximum Gasteiger partial charge on any atom is 0.291 e. The summed E-state index contributed by atoms with van der Waals surface area (Å²) in [5, 5.41) is 20.0. The van der Waals surface area contributed by atoms with E-state index in [1.807, 2.05) is 0 Å². The molecule has 0 saturated carbocycles. The number of anilines is 1. The highest BCUT2D eigenvalue weighted by molar-refractivity contribution is 6.38. The number of benzene rings is 2. The number of azo groups is 1. The number of fused-ring (bicyclic) bond motifs is 1. The van der Waals surface area contributed by atoms with Gasteiger partial charge < -0.3 is 20.1 Å². The van der Waals surface area contributed by atoms with Crippen molar-refractivity contribution in [2.75, 3.05) is 18.6 Å². The number of amides is 2.